The molecule has 0 spiro atoms. The molecule has 1 aliphatic rings. The quantitative estimate of drug-likeness (QED) is 0.825. The fraction of sp³-hybridized carbons (Fsp3) is 0.500. The number of rotatable bonds is 4. The number of hydrogen-bond acceptors (Lipinski definition) is 2. The van der Waals surface area contributed by atoms with Crippen molar-refractivity contribution in [1.82, 2.24) is 5.32 Å². The van der Waals surface area contributed by atoms with Gasteiger partial charge in [0.1, 0.15) is 0 Å². The highest BCUT2D eigenvalue weighted by atomic mass is 35.5. The van der Waals surface area contributed by atoms with Crippen LogP contribution in [0.25, 0.3) is 0 Å². The molecule has 1 aromatic rings. The van der Waals surface area contributed by atoms with Crippen molar-refractivity contribution in [3.63, 3.8) is 0 Å². The van der Waals surface area contributed by atoms with Gasteiger partial charge in [-0.2, -0.15) is 0 Å². The summed E-state index contributed by atoms with van der Waals surface area (Å²) in [6, 6.07) is 8.52. The van der Waals surface area contributed by atoms with E-state index < -0.39 is 0 Å². The van der Waals surface area contributed by atoms with E-state index in [1.807, 2.05) is 24.3 Å². The molecule has 1 saturated carbocycles. The van der Waals surface area contributed by atoms with Crippen molar-refractivity contribution in [3.05, 3.63) is 34.9 Å². The second-order valence-corrected chi connectivity index (χ2v) is 4.63. The van der Waals surface area contributed by atoms with Gasteiger partial charge in [0.2, 0.25) is 0 Å². The fourth-order valence-corrected chi connectivity index (χ4v) is 1.96. The molecule has 1 atom stereocenters. The van der Waals surface area contributed by atoms with Crippen LogP contribution in [0.3, 0.4) is 0 Å². The predicted octanol–water partition coefficient (Wildman–Crippen LogP) is 2.48. The molecule has 0 amide bonds. The lowest BCUT2D eigenvalue weighted by molar-refractivity contribution is 0.333. The molecule has 15 heavy (non-hydrogen) atoms. The van der Waals surface area contributed by atoms with Gasteiger partial charge in [0.25, 0.3) is 0 Å². The van der Waals surface area contributed by atoms with Crippen LogP contribution in [0.4, 0.5) is 0 Å². The van der Waals surface area contributed by atoms with Crippen LogP contribution in [-0.2, 0) is 0 Å². The minimum Gasteiger partial charge on any atom is -0.323 e. The van der Waals surface area contributed by atoms with Gasteiger partial charge in [-0.1, -0.05) is 30.2 Å². The van der Waals surface area contributed by atoms with E-state index >= 15 is 0 Å². The monoisotopic (exact) mass is 224 g/mol. The predicted molar refractivity (Wildman–Crippen MR) is 64.0 cm³/mol. The summed E-state index contributed by atoms with van der Waals surface area (Å²) in [5.41, 5.74) is 7.18. The molecule has 82 valence electrons. The molecule has 1 unspecified atom stereocenters. The maximum absolute atomic E-state index is 6.07. The van der Waals surface area contributed by atoms with Crippen LogP contribution in [0.5, 0.6) is 0 Å². The number of nitrogens with one attached hydrogen (secondary N) is 1. The Morgan fingerprint density at radius 1 is 1.47 bits per heavy atom. The van der Waals surface area contributed by atoms with Gasteiger partial charge >= 0.3 is 0 Å². The molecule has 3 N–H and O–H groups in total. The highest BCUT2D eigenvalue weighted by Crippen LogP contribution is 2.20. The minimum atomic E-state index is 0.0456. The molecule has 0 saturated heterocycles. The van der Waals surface area contributed by atoms with Crippen LogP contribution in [0.1, 0.15) is 30.9 Å². The summed E-state index contributed by atoms with van der Waals surface area (Å²) in [5.74, 6) is 0. The standard InChI is InChI=1S/C12H17ClN2/c13-10-4-1-3-9(7-10)12(14)8-15-11-5-2-6-11/h1,3-4,7,11-12,15H,2,5-6,8,14H2. The van der Waals surface area contributed by atoms with E-state index in [1.54, 1.807) is 0 Å². The van der Waals surface area contributed by atoms with Gasteiger partial charge in [0.15, 0.2) is 0 Å². The van der Waals surface area contributed by atoms with Crippen LogP contribution >= 0.6 is 11.6 Å². The van der Waals surface area contributed by atoms with E-state index in [-0.39, 0.29) is 6.04 Å². The van der Waals surface area contributed by atoms with E-state index in [4.69, 9.17) is 17.3 Å². The number of hydrogen-bond donors (Lipinski definition) is 2. The molecule has 1 aliphatic carbocycles. The topological polar surface area (TPSA) is 38.0 Å². The largest absolute Gasteiger partial charge is 0.323 e. The summed E-state index contributed by atoms with van der Waals surface area (Å²) in [4.78, 5) is 0. The van der Waals surface area contributed by atoms with Crippen molar-refractivity contribution in [2.45, 2.75) is 31.3 Å². The third-order valence-electron chi connectivity index (χ3n) is 3.01. The Morgan fingerprint density at radius 2 is 2.27 bits per heavy atom. The Hall–Kier alpha value is -0.570. The summed E-state index contributed by atoms with van der Waals surface area (Å²) in [6.07, 6.45) is 3.94. The van der Waals surface area contributed by atoms with Crippen LogP contribution in [0, 0.1) is 0 Å². The lowest BCUT2D eigenvalue weighted by atomic mass is 9.93. The smallest absolute Gasteiger partial charge is 0.0422 e. The van der Waals surface area contributed by atoms with Crippen molar-refractivity contribution in [2.24, 2.45) is 5.73 Å². The molecule has 3 heteroatoms. The highest BCUT2D eigenvalue weighted by molar-refractivity contribution is 6.30. The molecule has 0 heterocycles. The van der Waals surface area contributed by atoms with E-state index in [9.17, 15) is 0 Å². The Bertz CT molecular complexity index is 323. The highest BCUT2D eigenvalue weighted by Gasteiger charge is 2.17. The Kier molecular flexibility index (Phi) is 3.62. The summed E-state index contributed by atoms with van der Waals surface area (Å²) in [6.45, 7) is 0.838. The second kappa shape index (κ2) is 4.97. The molecule has 0 radical (unpaired) electrons. The average Bonchev–Trinajstić information content (AvgIpc) is 2.15. The molecular weight excluding hydrogens is 208 g/mol. The Morgan fingerprint density at radius 3 is 2.87 bits per heavy atom. The maximum atomic E-state index is 6.07. The van der Waals surface area contributed by atoms with Gasteiger partial charge in [-0.05, 0) is 30.5 Å². The first-order valence-corrected chi connectivity index (χ1v) is 5.88. The van der Waals surface area contributed by atoms with Gasteiger partial charge in [0, 0.05) is 23.7 Å². The first kappa shape index (κ1) is 10.9. The molecule has 1 aromatic carbocycles. The van der Waals surface area contributed by atoms with Crippen LogP contribution in [-0.4, -0.2) is 12.6 Å². The SMILES string of the molecule is NC(CNC1CCC1)c1cccc(Cl)c1. The van der Waals surface area contributed by atoms with Crippen molar-refractivity contribution in [3.8, 4) is 0 Å². The first-order chi connectivity index (χ1) is 7.25. The molecular formula is C12H17ClN2. The first-order valence-electron chi connectivity index (χ1n) is 5.50. The van der Waals surface area contributed by atoms with Crippen LogP contribution in [0.15, 0.2) is 24.3 Å². The van der Waals surface area contributed by atoms with Crippen molar-refractivity contribution >= 4 is 11.6 Å². The van der Waals surface area contributed by atoms with Gasteiger partial charge < -0.3 is 11.1 Å². The molecule has 2 rings (SSSR count). The Balaban J connectivity index is 1.86. The average molecular weight is 225 g/mol. The summed E-state index contributed by atoms with van der Waals surface area (Å²) in [7, 11) is 0. The zero-order valence-corrected chi connectivity index (χ0v) is 9.50. The van der Waals surface area contributed by atoms with Gasteiger partial charge in [-0.3, -0.25) is 0 Å². The van der Waals surface area contributed by atoms with Gasteiger partial charge in [-0.25, -0.2) is 0 Å². The van der Waals surface area contributed by atoms with Crippen LogP contribution < -0.4 is 11.1 Å². The van der Waals surface area contributed by atoms with Crippen molar-refractivity contribution in [2.75, 3.05) is 6.54 Å². The van der Waals surface area contributed by atoms with Crippen molar-refractivity contribution < 1.29 is 0 Å². The van der Waals surface area contributed by atoms with E-state index in [0.717, 1.165) is 17.1 Å². The lowest BCUT2D eigenvalue weighted by Gasteiger charge is -2.28. The summed E-state index contributed by atoms with van der Waals surface area (Å²) >= 11 is 5.91. The number of halogens is 1. The van der Waals surface area contributed by atoms with Crippen LogP contribution in [0.2, 0.25) is 5.02 Å². The third kappa shape index (κ3) is 2.94. The number of benzene rings is 1. The van der Waals surface area contributed by atoms with E-state index in [2.05, 4.69) is 5.32 Å². The number of nitrogens with two attached hydrogens (primary N) is 1. The van der Waals surface area contributed by atoms with Gasteiger partial charge in [-0.15, -0.1) is 0 Å². The Labute approximate surface area is 95.8 Å². The van der Waals surface area contributed by atoms with E-state index in [1.165, 1.54) is 19.3 Å². The summed E-state index contributed by atoms with van der Waals surface area (Å²) < 4.78 is 0. The van der Waals surface area contributed by atoms with Crippen molar-refractivity contribution in [1.29, 1.82) is 0 Å². The molecule has 0 aromatic heterocycles. The lowest BCUT2D eigenvalue weighted by Crippen LogP contribution is -2.39. The second-order valence-electron chi connectivity index (χ2n) is 4.20. The zero-order chi connectivity index (χ0) is 10.7. The minimum absolute atomic E-state index is 0.0456. The molecule has 2 nitrogen and oxygen atoms in total. The summed E-state index contributed by atoms with van der Waals surface area (Å²) in [5, 5.41) is 4.22. The van der Waals surface area contributed by atoms with E-state index in [0.29, 0.717) is 6.04 Å². The third-order valence-corrected chi connectivity index (χ3v) is 3.24. The molecule has 1 fully saturated rings. The van der Waals surface area contributed by atoms with Gasteiger partial charge in [0.05, 0.1) is 0 Å². The fourth-order valence-electron chi connectivity index (χ4n) is 1.76. The molecule has 0 aliphatic heterocycles. The maximum Gasteiger partial charge on any atom is 0.0422 e. The molecule has 0 bridgehead atoms. The normalized spacial score (nSPS) is 18.5. The zero-order valence-electron chi connectivity index (χ0n) is 8.75.